The molecular weight excluding hydrogens is 385 g/mol. The summed E-state index contributed by atoms with van der Waals surface area (Å²) in [6, 6.07) is 17.4. The zero-order chi connectivity index (χ0) is 22.1. The van der Waals surface area contributed by atoms with Crippen LogP contribution in [0.3, 0.4) is 0 Å². The highest BCUT2D eigenvalue weighted by molar-refractivity contribution is 5.99. The third-order valence-electron chi connectivity index (χ3n) is 5.59. The number of hydrogen-bond acceptors (Lipinski definition) is 4. The quantitative estimate of drug-likeness (QED) is 0.723. The summed E-state index contributed by atoms with van der Waals surface area (Å²) < 4.78 is 21.2. The second-order valence-corrected chi connectivity index (χ2v) is 7.96. The lowest BCUT2D eigenvalue weighted by molar-refractivity contribution is -0.147. The van der Waals surface area contributed by atoms with Crippen molar-refractivity contribution in [3.05, 3.63) is 84.4 Å². The minimum Gasteiger partial charge on any atom is -0.430 e. The van der Waals surface area contributed by atoms with Gasteiger partial charge >= 0.3 is 6.09 Å². The average Bonchev–Trinajstić information content (AvgIpc) is 3.07. The van der Waals surface area contributed by atoms with Crippen LogP contribution in [0.5, 0.6) is 0 Å². The van der Waals surface area contributed by atoms with Gasteiger partial charge in [-0.3, -0.25) is 4.79 Å². The van der Waals surface area contributed by atoms with Crippen molar-refractivity contribution >= 4 is 12.0 Å². The van der Waals surface area contributed by atoms with Gasteiger partial charge in [0.05, 0.1) is 6.04 Å². The van der Waals surface area contributed by atoms with Crippen molar-refractivity contribution in [1.29, 1.82) is 0 Å². The molecule has 0 bridgehead atoms. The van der Waals surface area contributed by atoms with E-state index < -0.39 is 35.4 Å². The molecule has 158 valence electrons. The van der Waals surface area contributed by atoms with Crippen LogP contribution >= 0.6 is 0 Å². The van der Waals surface area contributed by atoms with Gasteiger partial charge in [0.15, 0.2) is 5.60 Å². The molecular formula is C24H26FNO4. The van der Waals surface area contributed by atoms with Crippen molar-refractivity contribution in [2.45, 2.75) is 44.2 Å². The van der Waals surface area contributed by atoms with E-state index in [2.05, 4.69) is 6.58 Å². The van der Waals surface area contributed by atoms with E-state index in [0.29, 0.717) is 11.1 Å². The maximum Gasteiger partial charge on any atom is 0.418 e. The van der Waals surface area contributed by atoms with Crippen molar-refractivity contribution in [3.8, 4) is 0 Å². The molecule has 0 saturated carbocycles. The fourth-order valence-corrected chi connectivity index (χ4v) is 4.10. The summed E-state index contributed by atoms with van der Waals surface area (Å²) >= 11 is 0. The number of carbonyl (C=O) groups excluding carboxylic acids is 2. The standard InChI is InChI=1S/C24H26FNO4/c1-5-19(27)23(4,25)21(28)26-20(16(2)3)24(30-22(26)29,17-12-8-6-9-13-17)18-14-10-7-11-15-18/h5-16,19-20,27H,1H2,2-4H3/t19-,20+,23-/m1/s1. The molecule has 0 aliphatic carbocycles. The molecule has 6 heteroatoms. The Kier molecular flexibility index (Phi) is 5.81. The van der Waals surface area contributed by atoms with Gasteiger partial charge in [-0.1, -0.05) is 80.6 Å². The molecule has 3 atom stereocenters. The number of carbonyl (C=O) groups is 2. The molecule has 5 nitrogen and oxygen atoms in total. The van der Waals surface area contributed by atoms with E-state index in [1.54, 1.807) is 0 Å². The average molecular weight is 411 g/mol. The monoisotopic (exact) mass is 411 g/mol. The number of cyclic esters (lactones) is 1. The molecule has 30 heavy (non-hydrogen) atoms. The Morgan fingerprint density at radius 2 is 1.63 bits per heavy atom. The van der Waals surface area contributed by atoms with Crippen LogP contribution in [0.25, 0.3) is 0 Å². The number of aliphatic hydroxyl groups excluding tert-OH is 1. The SMILES string of the molecule is C=C[C@@H](O)[C@@](C)(F)C(=O)N1C(=O)OC(c2ccccc2)(c2ccccc2)[C@@H]1C(C)C. The molecule has 3 rings (SSSR count). The number of aliphatic hydroxyl groups is 1. The molecule has 2 amide bonds. The highest BCUT2D eigenvalue weighted by Gasteiger charge is 2.62. The summed E-state index contributed by atoms with van der Waals surface area (Å²) in [5.74, 6) is -1.44. The number of nitrogens with zero attached hydrogens (tertiary/aromatic N) is 1. The molecule has 0 radical (unpaired) electrons. The first-order valence-electron chi connectivity index (χ1n) is 9.85. The molecule has 0 aromatic heterocycles. The van der Waals surface area contributed by atoms with Crippen LogP contribution in [-0.4, -0.2) is 39.8 Å². The molecule has 2 aromatic carbocycles. The Balaban J connectivity index is 2.24. The predicted molar refractivity (Wildman–Crippen MR) is 111 cm³/mol. The number of alkyl halides is 1. The molecule has 1 aliphatic rings. The first kappa shape index (κ1) is 21.7. The van der Waals surface area contributed by atoms with Gasteiger partial charge < -0.3 is 9.84 Å². The molecule has 0 spiro atoms. The number of ether oxygens (including phenoxy) is 1. The van der Waals surface area contributed by atoms with Gasteiger partial charge in [0.1, 0.15) is 6.10 Å². The Hall–Kier alpha value is -2.99. The minimum absolute atomic E-state index is 0.280. The molecule has 1 aliphatic heterocycles. The van der Waals surface area contributed by atoms with Crippen molar-refractivity contribution in [2.24, 2.45) is 5.92 Å². The summed E-state index contributed by atoms with van der Waals surface area (Å²) in [6.45, 7) is 7.98. The van der Waals surface area contributed by atoms with Gasteiger partial charge in [-0.15, -0.1) is 6.58 Å². The van der Waals surface area contributed by atoms with E-state index in [1.807, 2.05) is 74.5 Å². The van der Waals surface area contributed by atoms with E-state index in [1.165, 1.54) is 0 Å². The maximum atomic E-state index is 15.3. The van der Waals surface area contributed by atoms with E-state index in [0.717, 1.165) is 17.9 Å². The number of halogens is 1. The number of rotatable bonds is 6. The molecule has 0 unspecified atom stereocenters. The van der Waals surface area contributed by atoms with Crippen molar-refractivity contribution < 1.29 is 23.8 Å². The van der Waals surface area contributed by atoms with Crippen LogP contribution in [0.4, 0.5) is 9.18 Å². The fraction of sp³-hybridized carbons (Fsp3) is 0.333. The second kappa shape index (κ2) is 8.03. The van der Waals surface area contributed by atoms with Crippen LogP contribution in [0, 0.1) is 5.92 Å². The van der Waals surface area contributed by atoms with Gasteiger partial charge in [-0.25, -0.2) is 14.1 Å². The fourth-order valence-electron chi connectivity index (χ4n) is 4.10. The smallest absolute Gasteiger partial charge is 0.418 e. The lowest BCUT2D eigenvalue weighted by atomic mass is 9.75. The normalized spacial score (nSPS) is 21.1. The Labute approximate surface area is 175 Å². The Bertz CT molecular complexity index is 887. The van der Waals surface area contributed by atoms with Gasteiger partial charge in [0.25, 0.3) is 5.91 Å². The van der Waals surface area contributed by atoms with Crippen molar-refractivity contribution in [3.63, 3.8) is 0 Å². The first-order valence-corrected chi connectivity index (χ1v) is 9.85. The lowest BCUT2D eigenvalue weighted by Gasteiger charge is -2.38. The van der Waals surface area contributed by atoms with Crippen LogP contribution in [0.1, 0.15) is 31.9 Å². The summed E-state index contributed by atoms with van der Waals surface area (Å²) in [5.41, 5.74) is -2.72. The molecule has 2 aromatic rings. The third kappa shape index (κ3) is 3.31. The van der Waals surface area contributed by atoms with Crippen molar-refractivity contribution in [2.75, 3.05) is 0 Å². The maximum absolute atomic E-state index is 15.3. The number of benzene rings is 2. The van der Waals surface area contributed by atoms with Crippen LogP contribution in [0.15, 0.2) is 73.3 Å². The topological polar surface area (TPSA) is 66.8 Å². The minimum atomic E-state index is -2.74. The zero-order valence-electron chi connectivity index (χ0n) is 17.3. The first-order chi connectivity index (χ1) is 14.2. The van der Waals surface area contributed by atoms with E-state index in [4.69, 9.17) is 4.74 Å². The lowest BCUT2D eigenvalue weighted by Crippen LogP contribution is -2.57. The third-order valence-corrected chi connectivity index (χ3v) is 5.59. The summed E-state index contributed by atoms with van der Waals surface area (Å²) in [7, 11) is 0. The highest BCUT2D eigenvalue weighted by atomic mass is 19.1. The van der Waals surface area contributed by atoms with E-state index in [-0.39, 0.29) is 5.92 Å². The molecule has 1 fully saturated rings. The second-order valence-electron chi connectivity index (χ2n) is 7.96. The Morgan fingerprint density at radius 1 is 1.17 bits per heavy atom. The predicted octanol–water partition coefficient (Wildman–Crippen LogP) is 4.21. The summed E-state index contributed by atoms with van der Waals surface area (Å²) in [5, 5.41) is 10.00. The molecule has 1 heterocycles. The highest BCUT2D eigenvalue weighted by Crippen LogP contribution is 2.48. The largest absolute Gasteiger partial charge is 0.430 e. The van der Waals surface area contributed by atoms with Gasteiger partial charge in [-0.2, -0.15) is 0 Å². The number of hydrogen-bond donors (Lipinski definition) is 1. The molecule has 1 N–H and O–H groups in total. The van der Waals surface area contributed by atoms with E-state index in [9.17, 15) is 14.7 Å². The van der Waals surface area contributed by atoms with Crippen LogP contribution in [0.2, 0.25) is 0 Å². The van der Waals surface area contributed by atoms with Gasteiger partial charge in [0, 0.05) is 11.1 Å². The Morgan fingerprint density at radius 3 is 2.03 bits per heavy atom. The molecule has 1 saturated heterocycles. The number of amides is 2. The summed E-state index contributed by atoms with van der Waals surface area (Å²) in [4.78, 5) is 27.1. The summed E-state index contributed by atoms with van der Waals surface area (Å²) in [6.07, 6.45) is -1.79. The van der Waals surface area contributed by atoms with Crippen LogP contribution in [-0.2, 0) is 15.1 Å². The number of imide groups is 1. The van der Waals surface area contributed by atoms with Gasteiger partial charge in [0.2, 0.25) is 5.67 Å². The van der Waals surface area contributed by atoms with E-state index >= 15 is 4.39 Å². The van der Waals surface area contributed by atoms with Gasteiger partial charge in [-0.05, 0) is 12.8 Å². The van der Waals surface area contributed by atoms with Crippen molar-refractivity contribution in [1.82, 2.24) is 4.90 Å². The zero-order valence-corrected chi connectivity index (χ0v) is 17.3. The van der Waals surface area contributed by atoms with Crippen LogP contribution < -0.4 is 0 Å².